The van der Waals surface area contributed by atoms with Crippen molar-refractivity contribution in [3.8, 4) is 11.8 Å². The largest absolute Gasteiger partial charge is 0.573 e. The van der Waals surface area contributed by atoms with Crippen LogP contribution in [0.4, 0.5) is 30.6 Å². The number of benzene rings is 2. The van der Waals surface area contributed by atoms with Crippen molar-refractivity contribution in [1.29, 1.82) is 5.26 Å². The lowest BCUT2D eigenvalue weighted by Gasteiger charge is -2.60. The Bertz CT molecular complexity index is 1380. The van der Waals surface area contributed by atoms with Crippen molar-refractivity contribution < 1.29 is 17.9 Å². The van der Waals surface area contributed by atoms with Crippen molar-refractivity contribution in [3.63, 3.8) is 0 Å². The molecule has 1 unspecified atom stereocenters. The van der Waals surface area contributed by atoms with Crippen molar-refractivity contribution in [1.82, 2.24) is 9.97 Å². The van der Waals surface area contributed by atoms with E-state index in [9.17, 15) is 18.4 Å². The van der Waals surface area contributed by atoms with E-state index in [0.29, 0.717) is 34.8 Å². The highest BCUT2D eigenvalue weighted by Crippen LogP contribution is 2.60. The highest BCUT2D eigenvalue weighted by Gasteiger charge is 2.55. The maximum Gasteiger partial charge on any atom is 0.573 e. The van der Waals surface area contributed by atoms with E-state index in [4.69, 9.17) is 0 Å². The molecule has 4 aliphatic carbocycles. The molecule has 1 heterocycles. The van der Waals surface area contributed by atoms with Crippen LogP contribution in [0, 0.1) is 34.5 Å². The van der Waals surface area contributed by atoms with Gasteiger partial charge in [-0.2, -0.15) is 10.2 Å². The van der Waals surface area contributed by atoms with Gasteiger partial charge in [-0.05, 0) is 73.5 Å². The minimum atomic E-state index is -4.78. The molecule has 4 saturated carbocycles. The molecular weight excluding hydrogens is 517 g/mol. The Kier molecular flexibility index (Phi) is 6.90. The summed E-state index contributed by atoms with van der Waals surface area (Å²) in [5, 5.41) is 19.9. The van der Waals surface area contributed by atoms with Crippen molar-refractivity contribution in [2.24, 2.45) is 23.2 Å². The van der Waals surface area contributed by atoms with Crippen LogP contribution in [-0.4, -0.2) is 28.9 Å². The van der Waals surface area contributed by atoms with Crippen LogP contribution in [0.15, 0.2) is 60.8 Å². The van der Waals surface area contributed by atoms with Crippen molar-refractivity contribution in [2.45, 2.75) is 51.1 Å². The molecule has 4 bridgehead atoms. The summed E-state index contributed by atoms with van der Waals surface area (Å²) in [4.78, 5) is 8.72. The maximum atomic E-state index is 12.8. The van der Waals surface area contributed by atoms with Crippen LogP contribution in [0.2, 0.25) is 0 Å². The molecule has 0 amide bonds. The first-order valence-corrected chi connectivity index (χ1v) is 13.7. The van der Waals surface area contributed by atoms with E-state index in [2.05, 4.69) is 61.0 Å². The standard InChI is InChI=1S/C30H31F3N6O/c31-30(32,33)40-25-9-5-4-6-20(25)16-35-28-36-17-23(15-34)27(39-28)37-18-29-12-19-10-21(13-29)26(22(11-19)14-29)38-24-7-2-1-3-8-24/h1-9,17,19,21-22,26,38H,10-14,16,18H2,(H2,35,36,37,39)/t19?,21-,22+,26-,29+. The first-order valence-electron chi connectivity index (χ1n) is 13.7. The lowest BCUT2D eigenvalue weighted by molar-refractivity contribution is -0.274. The second kappa shape index (κ2) is 10.5. The average Bonchev–Trinajstić information content (AvgIpc) is 2.93. The van der Waals surface area contributed by atoms with Crippen LogP contribution >= 0.6 is 0 Å². The fraction of sp³-hybridized carbons (Fsp3) is 0.433. The number of alkyl halides is 3. The molecule has 208 valence electrons. The molecule has 0 spiro atoms. The summed E-state index contributed by atoms with van der Waals surface area (Å²) in [7, 11) is 0. The van der Waals surface area contributed by atoms with Crippen molar-refractivity contribution in [2.75, 3.05) is 22.5 Å². The quantitative estimate of drug-likeness (QED) is 0.278. The third-order valence-electron chi connectivity index (χ3n) is 8.68. The summed E-state index contributed by atoms with van der Waals surface area (Å²) < 4.78 is 42.5. The zero-order chi connectivity index (χ0) is 27.7. The molecule has 4 aliphatic rings. The van der Waals surface area contributed by atoms with Gasteiger partial charge < -0.3 is 20.7 Å². The van der Waals surface area contributed by atoms with Gasteiger partial charge in [0, 0.05) is 30.4 Å². The predicted molar refractivity (Wildman–Crippen MR) is 146 cm³/mol. The predicted octanol–water partition coefficient (Wildman–Crippen LogP) is 6.58. The van der Waals surface area contributed by atoms with Crippen LogP contribution in [0.25, 0.3) is 0 Å². The van der Waals surface area contributed by atoms with Gasteiger partial charge in [0.25, 0.3) is 0 Å². The topological polar surface area (TPSA) is 94.9 Å². The molecule has 0 radical (unpaired) electrons. The molecule has 1 aromatic heterocycles. The maximum absolute atomic E-state index is 12.8. The smallest absolute Gasteiger partial charge is 0.405 e. The number of nitriles is 1. The summed E-state index contributed by atoms with van der Waals surface area (Å²) in [6.45, 7) is 0.754. The lowest BCUT2D eigenvalue weighted by Crippen LogP contribution is -2.57. The van der Waals surface area contributed by atoms with E-state index in [1.807, 2.05) is 6.07 Å². The molecule has 10 heteroatoms. The van der Waals surface area contributed by atoms with Gasteiger partial charge in [-0.15, -0.1) is 13.2 Å². The molecule has 4 fully saturated rings. The number of halogens is 3. The monoisotopic (exact) mass is 548 g/mol. The molecule has 5 atom stereocenters. The van der Waals surface area contributed by atoms with Gasteiger partial charge >= 0.3 is 6.36 Å². The van der Waals surface area contributed by atoms with Crippen LogP contribution in [0.1, 0.15) is 43.2 Å². The van der Waals surface area contributed by atoms with Gasteiger partial charge in [-0.3, -0.25) is 0 Å². The second-order valence-electron chi connectivity index (χ2n) is 11.4. The first-order chi connectivity index (χ1) is 19.3. The number of hydrogen-bond acceptors (Lipinski definition) is 7. The van der Waals surface area contributed by atoms with Gasteiger partial charge in [-0.25, -0.2) is 4.98 Å². The molecule has 3 N–H and O–H groups in total. The SMILES string of the molecule is N#Cc1cnc(NCc2ccccc2OC(F)(F)F)nc1NC[C@@]12CC3C[C@H](C1)[C@@H](Nc1ccccc1)[C@@H](C3)C2. The number of anilines is 3. The molecular formula is C30H31F3N6O. The fourth-order valence-corrected chi connectivity index (χ4v) is 7.37. The summed E-state index contributed by atoms with van der Waals surface area (Å²) in [6.07, 6.45) is 2.61. The van der Waals surface area contributed by atoms with Crippen LogP contribution in [-0.2, 0) is 6.54 Å². The Balaban J connectivity index is 1.13. The Morgan fingerprint density at radius 2 is 1.70 bits per heavy atom. The minimum absolute atomic E-state index is 0.0301. The number of nitrogens with zero attached hydrogens (tertiary/aromatic N) is 3. The normalized spacial score (nSPS) is 26.6. The number of aromatic nitrogens is 2. The van der Waals surface area contributed by atoms with Gasteiger partial charge in [0.2, 0.25) is 5.95 Å². The van der Waals surface area contributed by atoms with E-state index in [1.54, 1.807) is 12.1 Å². The third kappa shape index (κ3) is 5.64. The minimum Gasteiger partial charge on any atom is -0.405 e. The zero-order valence-corrected chi connectivity index (χ0v) is 21.9. The van der Waals surface area contributed by atoms with Crippen LogP contribution in [0.3, 0.4) is 0 Å². The Morgan fingerprint density at radius 1 is 0.975 bits per heavy atom. The van der Waals surface area contributed by atoms with Gasteiger partial charge in [0.15, 0.2) is 0 Å². The zero-order valence-electron chi connectivity index (χ0n) is 21.9. The molecule has 2 aromatic carbocycles. The summed E-state index contributed by atoms with van der Waals surface area (Å²) >= 11 is 0. The highest BCUT2D eigenvalue weighted by molar-refractivity contribution is 5.54. The summed E-state index contributed by atoms with van der Waals surface area (Å²) in [6, 6.07) is 19.0. The molecule has 7 nitrogen and oxygen atoms in total. The number of rotatable bonds is 9. The molecule has 7 rings (SSSR count). The number of ether oxygens (including phenoxy) is 1. The molecule has 0 aliphatic heterocycles. The fourth-order valence-electron chi connectivity index (χ4n) is 7.37. The first kappa shape index (κ1) is 26.2. The van der Waals surface area contributed by atoms with E-state index < -0.39 is 6.36 Å². The van der Waals surface area contributed by atoms with Crippen LogP contribution in [0.5, 0.6) is 5.75 Å². The van der Waals surface area contributed by atoms with E-state index in [1.165, 1.54) is 43.3 Å². The van der Waals surface area contributed by atoms with Crippen LogP contribution < -0.4 is 20.7 Å². The van der Waals surface area contributed by atoms with E-state index in [0.717, 1.165) is 25.3 Å². The molecule has 40 heavy (non-hydrogen) atoms. The van der Waals surface area contributed by atoms with Gasteiger partial charge in [-0.1, -0.05) is 36.4 Å². The number of para-hydroxylation sites is 2. The van der Waals surface area contributed by atoms with Crippen molar-refractivity contribution >= 4 is 17.5 Å². The summed E-state index contributed by atoms with van der Waals surface area (Å²) in [5.74, 6) is 2.34. The second-order valence-corrected chi connectivity index (χ2v) is 11.4. The summed E-state index contributed by atoms with van der Waals surface area (Å²) in [5.41, 5.74) is 1.98. The highest BCUT2D eigenvalue weighted by atomic mass is 19.4. The van der Waals surface area contributed by atoms with Crippen molar-refractivity contribution in [3.05, 3.63) is 71.9 Å². The Hall–Kier alpha value is -4.00. The van der Waals surface area contributed by atoms with Gasteiger partial charge in [0.05, 0.1) is 6.20 Å². The average molecular weight is 549 g/mol. The third-order valence-corrected chi connectivity index (χ3v) is 8.68. The number of hydrogen-bond donors (Lipinski definition) is 3. The molecule has 3 aromatic rings. The van der Waals surface area contributed by atoms with E-state index in [-0.39, 0.29) is 23.7 Å². The molecule has 0 saturated heterocycles. The lowest BCUT2D eigenvalue weighted by atomic mass is 9.48. The number of nitrogens with one attached hydrogen (secondary N) is 3. The Morgan fingerprint density at radius 3 is 2.42 bits per heavy atom. The van der Waals surface area contributed by atoms with Gasteiger partial charge in [0.1, 0.15) is 23.2 Å². The van der Waals surface area contributed by atoms with E-state index >= 15 is 0 Å². The Labute approximate surface area is 231 Å².